The van der Waals surface area contributed by atoms with Crippen LogP contribution in [0.3, 0.4) is 0 Å². The number of carbonyl (C=O) groups excluding carboxylic acids is 1. The average molecular weight is 343 g/mol. The van der Waals surface area contributed by atoms with Crippen molar-refractivity contribution in [2.24, 2.45) is 0 Å². The molecule has 0 aromatic heterocycles. The van der Waals surface area contributed by atoms with Crippen molar-refractivity contribution in [1.82, 2.24) is 4.90 Å². The maximum atomic E-state index is 12.9. The highest BCUT2D eigenvalue weighted by Gasteiger charge is 2.39. The van der Waals surface area contributed by atoms with Gasteiger partial charge in [-0.3, -0.25) is 4.79 Å². The van der Waals surface area contributed by atoms with E-state index in [1.54, 1.807) is 28.4 Å². The van der Waals surface area contributed by atoms with Crippen LogP contribution < -0.4 is 0 Å². The molecule has 1 aromatic rings. The van der Waals surface area contributed by atoms with Gasteiger partial charge in [-0.05, 0) is 11.6 Å². The van der Waals surface area contributed by atoms with Gasteiger partial charge in [-0.1, -0.05) is 18.2 Å². The molecule has 0 saturated carbocycles. The fourth-order valence-corrected chi connectivity index (χ4v) is 6.80. The molecule has 1 fully saturated rings. The molecule has 0 bridgehead atoms. The molecule has 2 atom stereocenters. The number of nitrogens with zero attached hydrogens (tertiary/aromatic N) is 1. The highest BCUT2D eigenvalue weighted by atomic mass is 32.2. The van der Waals surface area contributed by atoms with E-state index in [2.05, 4.69) is 0 Å². The quantitative estimate of drug-likeness (QED) is 0.820. The number of thioether (sulfide) groups is 2. The fourth-order valence-electron chi connectivity index (χ4n) is 2.76. The van der Waals surface area contributed by atoms with E-state index in [-0.39, 0.29) is 11.8 Å². The third-order valence-electron chi connectivity index (χ3n) is 3.86. The van der Waals surface area contributed by atoms with Crippen molar-refractivity contribution in [3.8, 4) is 0 Å². The van der Waals surface area contributed by atoms with Crippen LogP contribution in [0.4, 0.5) is 0 Å². The Morgan fingerprint density at radius 2 is 2.05 bits per heavy atom. The molecular weight excluding hydrogens is 326 g/mol. The van der Waals surface area contributed by atoms with E-state index in [4.69, 9.17) is 0 Å². The minimum Gasteiger partial charge on any atom is -0.323 e. The van der Waals surface area contributed by atoms with Gasteiger partial charge in [0.15, 0.2) is 9.84 Å². The van der Waals surface area contributed by atoms with E-state index in [9.17, 15) is 13.2 Å². The SMILES string of the molecule is CS(=O)(=O)C1CSCCN1C(=O)C1CSc2ccccc21. The van der Waals surface area contributed by atoms with Crippen LogP contribution in [-0.4, -0.2) is 54.7 Å². The van der Waals surface area contributed by atoms with Crippen molar-refractivity contribution in [2.45, 2.75) is 16.2 Å². The highest BCUT2D eigenvalue weighted by Crippen LogP contribution is 2.41. The Bertz CT molecular complexity index is 659. The molecule has 2 unspecified atom stereocenters. The summed E-state index contributed by atoms with van der Waals surface area (Å²) in [4.78, 5) is 15.6. The second-order valence-electron chi connectivity index (χ2n) is 5.29. The molecule has 0 radical (unpaired) electrons. The molecule has 1 aromatic carbocycles. The Hall–Kier alpha value is -0.660. The lowest BCUT2D eigenvalue weighted by Crippen LogP contribution is -2.51. The number of benzene rings is 1. The topological polar surface area (TPSA) is 54.5 Å². The smallest absolute Gasteiger partial charge is 0.232 e. The zero-order valence-corrected chi connectivity index (χ0v) is 14.1. The molecular formula is C14H17NO3S3. The average Bonchev–Trinajstić information content (AvgIpc) is 2.89. The second kappa shape index (κ2) is 5.85. The Morgan fingerprint density at radius 1 is 1.29 bits per heavy atom. The summed E-state index contributed by atoms with van der Waals surface area (Å²) in [7, 11) is -3.25. The van der Waals surface area contributed by atoms with Crippen LogP contribution in [0.15, 0.2) is 29.2 Å². The molecule has 4 nitrogen and oxygen atoms in total. The van der Waals surface area contributed by atoms with Crippen molar-refractivity contribution in [1.29, 1.82) is 0 Å². The molecule has 21 heavy (non-hydrogen) atoms. The van der Waals surface area contributed by atoms with Crippen molar-refractivity contribution < 1.29 is 13.2 Å². The monoisotopic (exact) mass is 343 g/mol. The molecule has 0 spiro atoms. The van der Waals surface area contributed by atoms with Gasteiger partial charge in [-0.2, -0.15) is 11.8 Å². The predicted molar refractivity (Wildman–Crippen MR) is 87.6 cm³/mol. The highest BCUT2D eigenvalue weighted by molar-refractivity contribution is 8.01. The summed E-state index contributed by atoms with van der Waals surface area (Å²) in [5.41, 5.74) is 1.04. The van der Waals surface area contributed by atoms with Crippen LogP contribution in [0.2, 0.25) is 0 Å². The molecule has 2 aliphatic heterocycles. The first-order chi connectivity index (χ1) is 9.98. The van der Waals surface area contributed by atoms with E-state index in [1.807, 2.05) is 24.3 Å². The van der Waals surface area contributed by atoms with Crippen molar-refractivity contribution >= 4 is 39.3 Å². The first kappa shape index (κ1) is 15.2. The van der Waals surface area contributed by atoms with Crippen molar-refractivity contribution in [3.05, 3.63) is 29.8 Å². The van der Waals surface area contributed by atoms with Crippen LogP contribution in [0.1, 0.15) is 11.5 Å². The normalized spacial score (nSPS) is 25.7. The van der Waals surface area contributed by atoms with Gasteiger partial charge in [0.25, 0.3) is 0 Å². The summed E-state index contributed by atoms with van der Waals surface area (Å²) in [6.07, 6.45) is 1.22. The van der Waals surface area contributed by atoms with Crippen LogP contribution in [0.25, 0.3) is 0 Å². The maximum Gasteiger partial charge on any atom is 0.232 e. The Kier molecular flexibility index (Phi) is 4.25. The van der Waals surface area contributed by atoms with Gasteiger partial charge in [0.2, 0.25) is 5.91 Å². The Balaban J connectivity index is 1.88. The Morgan fingerprint density at radius 3 is 2.81 bits per heavy atom. The van der Waals surface area contributed by atoms with Crippen LogP contribution in [0.5, 0.6) is 0 Å². The molecule has 1 amide bonds. The fraction of sp³-hybridized carbons (Fsp3) is 0.500. The molecule has 2 aliphatic rings. The van der Waals surface area contributed by atoms with Crippen molar-refractivity contribution in [3.63, 3.8) is 0 Å². The predicted octanol–water partition coefficient (Wildman–Crippen LogP) is 1.82. The lowest BCUT2D eigenvalue weighted by molar-refractivity contribution is -0.132. The number of fused-ring (bicyclic) bond motifs is 1. The zero-order chi connectivity index (χ0) is 15.0. The molecule has 1 saturated heterocycles. The first-order valence-corrected chi connectivity index (χ1v) is 10.9. The van der Waals surface area contributed by atoms with E-state index >= 15 is 0 Å². The van der Waals surface area contributed by atoms with Crippen molar-refractivity contribution in [2.75, 3.05) is 30.1 Å². The molecule has 0 aliphatic carbocycles. The number of hydrogen-bond donors (Lipinski definition) is 0. The van der Waals surface area contributed by atoms with Gasteiger partial charge < -0.3 is 4.90 Å². The third kappa shape index (κ3) is 2.96. The third-order valence-corrected chi connectivity index (χ3v) is 7.69. The van der Waals surface area contributed by atoms with E-state index in [1.165, 1.54) is 6.26 Å². The molecule has 3 rings (SSSR count). The lowest BCUT2D eigenvalue weighted by atomic mass is 10.00. The lowest BCUT2D eigenvalue weighted by Gasteiger charge is -2.35. The van der Waals surface area contributed by atoms with Gasteiger partial charge in [-0.25, -0.2) is 8.42 Å². The number of amides is 1. The summed E-state index contributed by atoms with van der Waals surface area (Å²) < 4.78 is 23.9. The van der Waals surface area contributed by atoms with E-state index < -0.39 is 15.2 Å². The van der Waals surface area contributed by atoms with Crippen LogP contribution in [0, 0.1) is 0 Å². The van der Waals surface area contributed by atoms with Gasteiger partial charge in [0.1, 0.15) is 5.37 Å². The molecule has 0 N–H and O–H groups in total. The summed E-state index contributed by atoms with van der Waals surface area (Å²) in [5, 5.41) is -0.679. The number of sulfone groups is 1. The van der Waals surface area contributed by atoms with E-state index in [0.717, 1.165) is 16.2 Å². The molecule has 7 heteroatoms. The summed E-state index contributed by atoms with van der Waals surface area (Å²) in [5.74, 6) is 1.74. The number of rotatable bonds is 2. The van der Waals surface area contributed by atoms with E-state index in [0.29, 0.717) is 18.1 Å². The van der Waals surface area contributed by atoms with Gasteiger partial charge in [0, 0.05) is 35.0 Å². The molecule has 2 heterocycles. The summed E-state index contributed by atoms with van der Waals surface area (Å²) >= 11 is 3.28. The number of carbonyl (C=O) groups is 1. The summed E-state index contributed by atoms with van der Waals surface area (Å²) in [6, 6.07) is 7.90. The van der Waals surface area contributed by atoms with Gasteiger partial charge >= 0.3 is 0 Å². The number of hydrogen-bond acceptors (Lipinski definition) is 5. The van der Waals surface area contributed by atoms with Crippen LogP contribution >= 0.6 is 23.5 Å². The zero-order valence-electron chi connectivity index (χ0n) is 11.7. The standard InChI is InChI=1S/C14H17NO3S3/c1-21(17,18)13-9-19-7-6-15(13)14(16)11-8-20-12-5-3-2-4-10(11)12/h2-5,11,13H,6-9H2,1H3. The second-order valence-corrected chi connectivity index (χ2v) is 9.71. The summed E-state index contributed by atoms with van der Waals surface area (Å²) in [6.45, 7) is 0.518. The van der Waals surface area contributed by atoms with Gasteiger partial charge in [0.05, 0.1) is 5.92 Å². The molecule has 114 valence electrons. The largest absolute Gasteiger partial charge is 0.323 e. The first-order valence-electron chi connectivity index (χ1n) is 6.77. The van der Waals surface area contributed by atoms with Gasteiger partial charge in [-0.15, -0.1) is 11.8 Å². The minimum atomic E-state index is -3.25. The maximum absolute atomic E-state index is 12.9. The van der Waals surface area contributed by atoms with Crippen LogP contribution in [-0.2, 0) is 14.6 Å². The Labute approximate surface area is 133 Å². The minimum absolute atomic E-state index is 0.0387.